The lowest BCUT2D eigenvalue weighted by Crippen LogP contribution is -2.37. The molecular formula is C24H26F3N3O5. The second-order valence-electron chi connectivity index (χ2n) is 7.91. The average molecular weight is 493 g/mol. The maximum atomic E-state index is 13.2. The molecule has 3 rings (SSSR count). The number of hydrogen-bond donors (Lipinski definition) is 2. The first-order valence-corrected chi connectivity index (χ1v) is 10.9. The van der Waals surface area contributed by atoms with Gasteiger partial charge in [0, 0.05) is 20.0 Å². The molecule has 2 aromatic rings. The molecule has 1 aliphatic heterocycles. The molecule has 0 bridgehead atoms. The Labute approximate surface area is 200 Å². The highest BCUT2D eigenvalue weighted by Gasteiger charge is 2.32. The molecule has 2 aromatic carbocycles. The van der Waals surface area contributed by atoms with Crippen LogP contribution in [-0.4, -0.2) is 50.7 Å². The number of benzene rings is 2. The number of carbonyl (C=O) groups is 3. The fraction of sp³-hybridized carbons (Fsp3) is 0.375. The first kappa shape index (κ1) is 26.0. The van der Waals surface area contributed by atoms with E-state index in [-0.39, 0.29) is 18.0 Å². The van der Waals surface area contributed by atoms with Crippen LogP contribution >= 0.6 is 0 Å². The van der Waals surface area contributed by atoms with Crippen LogP contribution in [0.3, 0.4) is 0 Å². The first-order chi connectivity index (χ1) is 16.6. The second-order valence-corrected chi connectivity index (χ2v) is 7.91. The van der Waals surface area contributed by atoms with Crippen molar-refractivity contribution >= 4 is 29.2 Å². The molecule has 0 radical (unpaired) electrons. The SMILES string of the molecule is CC(=O)N[C@H](CC(=O)OCC(=O)Nc1cc(C(F)(F)F)ccc1N1CCOCC1)c1ccccc1. The van der Waals surface area contributed by atoms with Crippen molar-refractivity contribution in [3.05, 3.63) is 59.7 Å². The third-order valence-corrected chi connectivity index (χ3v) is 5.26. The number of rotatable bonds is 8. The maximum absolute atomic E-state index is 13.2. The Morgan fingerprint density at radius 2 is 1.77 bits per heavy atom. The van der Waals surface area contributed by atoms with E-state index in [1.165, 1.54) is 13.0 Å². The highest BCUT2D eigenvalue weighted by atomic mass is 19.4. The van der Waals surface area contributed by atoms with Crippen molar-refractivity contribution in [1.29, 1.82) is 0 Å². The largest absolute Gasteiger partial charge is 0.455 e. The first-order valence-electron chi connectivity index (χ1n) is 10.9. The van der Waals surface area contributed by atoms with E-state index >= 15 is 0 Å². The van der Waals surface area contributed by atoms with Gasteiger partial charge in [-0.05, 0) is 23.8 Å². The topological polar surface area (TPSA) is 97.0 Å². The molecular weight excluding hydrogens is 467 g/mol. The Balaban J connectivity index is 1.65. The van der Waals surface area contributed by atoms with Gasteiger partial charge in [-0.15, -0.1) is 0 Å². The van der Waals surface area contributed by atoms with Gasteiger partial charge in [-0.1, -0.05) is 30.3 Å². The molecule has 0 spiro atoms. The molecule has 2 amide bonds. The number of alkyl halides is 3. The second kappa shape index (κ2) is 11.7. The zero-order valence-electron chi connectivity index (χ0n) is 19.1. The third kappa shape index (κ3) is 7.71. The summed E-state index contributed by atoms with van der Waals surface area (Å²) in [6, 6.07) is 11.2. The van der Waals surface area contributed by atoms with Gasteiger partial charge in [-0.2, -0.15) is 13.2 Å². The summed E-state index contributed by atoms with van der Waals surface area (Å²) in [5.41, 5.74) is 0.144. The Hall–Kier alpha value is -3.60. The number of anilines is 2. The zero-order valence-corrected chi connectivity index (χ0v) is 19.1. The van der Waals surface area contributed by atoms with E-state index in [1.54, 1.807) is 30.3 Å². The number of morpholine rings is 1. The summed E-state index contributed by atoms with van der Waals surface area (Å²) in [5, 5.41) is 5.08. The molecule has 0 aromatic heterocycles. The van der Waals surface area contributed by atoms with E-state index in [1.807, 2.05) is 4.90 Å². The van der Waals surface area contributed by atoms with E-state index in [0.29, 0.717) is 37.6 Å². The van der Waals surface area contributed by atoms with Gasteiger partial charge in [-0.3, -0.25) is 14.4 Å². The molecule has 1 aliphatic rings. The van der Waals surface area contributed by atoms with Crippen LogP contribution in [0.4, 0.5) is 24.5 Å². The molecule has 1 fully saturated rings. The number of esters is 1. The van der Waals surface area contributed by atoms with Gasteiger partial charge in [0.15, 0.2) is 6.61 Å². The van der Waals surface area contributed by atoms with Crippen LogP contribution in [0, 0.1) is 0 Å². The molecule has 8 nitrogen and oxygen atoms in total. The molecule has 11 heteroatoms. The number of amides is 2. The Bertz CT molecular complexity index is 1040. The lowest BCUT2D eigenvalue weighted by atomic mass is 10.0. The number of nitrogens with one attached hydrogen (secondary N) is 2. The lowest BCUT2D eigenvalue weighted by molar-refractivity contribution is -0.148. The number of ether oxygens (including phenoxy) is 2. The van der Waals surface area contributed by atoms with Crippen LogP contribution in [0.25, 0.3) is 0 Å². The summed E-state index contributed by atoms with van der Waals surface area (Å²) in [5.74, 6) is -1.88. The predicted octanol–water partition coefficient (Wildman–Crippen LogP) is 3.29. The van der Waals surface area contributed by atoms with Gasteiger partial charge in [0.05, 0.1) is 42.6 Å². The van der Waals surface area contributed by atoms with Crippen molar-refractivity contribution < 1.29 is 37.0 Å². The Morgan fingerprint density at radius 3 is 2.40 bits per heavy atom. The molecule has 0 unspecified atom stereocenters. The van der Waals surface area contributed by atoms with Gasteiger partial charge >= 0.3 is 12.1 Å². The standard InChI is InChI=1S/C24H26F3N3O5/c1-16(31)28-19(17-5-3-2-4-6-17)14-23(33)35-15-22(32)29-20-13-18(24(25,26)27)7-8-21(20)30-9-11-34-12-10-30/h2-8,13,19H,9-12,14-15H2,1H3,(H,28,31)(H,29,32)/t19-/m1/s1. The number of carbonyl (C=O) groups excluding carboxylic acids is 3. The zero-order chi connectivity index (χ0) is 25.4. The molecule has 0 saturated carbocycles. The van der Waals surface area contributed by atoms with E-state index in [4.69, 9.17) is 9.47 Å². The molecule has 1 atom stereocenters. The van der Waals surface area contributed by atoms with Gasteiger partial charge in [0.25, 0.3) is 5.91 Å². The lowest BCUT2D eigenvalue weighted by Gasteiger charge is -2.31. The van der Waals surface area contributed by atoms with Crippen molar-refractivity contribution in [3.8, 4) is 0 Å². The Morgan fingerprint density at radius 1 is 1.09 bits per heavy atom. The molecule has 188 valence electrons. The number of halogens is 3. The van der Waals surface area contributed by atoms with Gasteiger partial charge < -0.3 is 25.0 Å². The summed E-state index contributed by atoms with van der Waals surface area (Å²) in [6.07, 6.45) is -4.81. The van der Waals surface area contributed by atoms with Crippen molar-refractivity contribution in [3.63, 3.8) is 0 Å². The molecule has 0 aliphatic carbocycles. The van der Waals surface area contributed by atoms with Crippen LogP contribution in [-0.2, 0) is 30.0 Å². The highest BCUT2D eigenvalue weighted by molar-refractivity contribution is 5.96. The third-order valence-electron chi connectivity index (χ3n) is 5.26. The van der Waals surface area contributed by atoms with Crippen LogP contribution in [0.2, 0.25) is 0 Å². The van der Waals surface area contributed by atoms with Crippen molar-refractivity contribution in [2.24, 2.45) is 0 Å². The average Bonchev–Trinajstić information content (AvgIpc) is 2.82. The molecule has 2 N–H and O–H groups in total. The van der Waals surface area contributed by atoms with Crippen molar-refractivity contribution in [2.45, 2.75) is 25.6 Å². The van der Waals surface area contributed by atoms with Gasteiger partial charge in [0.2, 0.25) is 5.91 Å². The Kier molecular flexibility index (Phi) is 8.69. The van der Waals surface area contributed by atoms with E-state index in [9.17, 15) is 27.6 Å². The minimum absolute atomic E-state index is 0.0387. The quantitative estimate of drug-likeness (QED) is 0.548. The fourth-order valence-corrected chi connectivity index (χ4v) is 3.63. The smallest absolute Gasteiger partial charge is 0.416 e. The number of hydrogen-bond acceptors (Lipinski definition) is 6. The minimum atomic E-state index is -4.59. The van der Waals surface area contributed by atoms with Crippen molar-refractivity contribution in [2.75, 3.05) is 43.1 Å². The minimum Gasteiger partial charge on any atom is -0.455 e. The maximum Gasteiger partial charge on any atom is 0.416 e. The normalized spacial score (nSPS) is 14.7. The van der Waals surface area contributed by atoms with Gasteiger partial charge in [-0.25, -0.2) is 0 Å². The van der Waals surface area contributed by atoms with Crippen LogP contribution in [0.5, 0.6) is 0 Å². The van der Waals surface area contributed by atoms with Crippen LogP contribution < -0.4 is 15.5 Å². The van der Waals surface area contributed by atoms with Crippen LogP contribution in [0.15, 0.2) is 48.5 Å². The molecule has 1 saturated heterocycles. The van der Waals surface area contributed by atoms with Crippen molar-refractivity contribution in [1.82, 2.24) is 5.32 Å². The van der Waals surface area contributed by atoms with E-state index < -0.39 is 36.3 Å². The highest BCUT2D eigenvalue weighted by Crippen LogP contribution is 2.35. The predicted molar refractivity (Wildman–Crippen MR) is 122 cm³/mol. The summed E-state index contributed by atoms with van der Waals surface area (Å²) in [4.78, 5) is 38.1. The fourth-order valence-electron chi connectivity index (χ4n) is 3.63. The molecule has 1 heterocycles. The van der Waals surface area contributed by atoms with Gasteiger partial charge in [0.1, 0.15) is 0 Å². The van der Waals surface area contributed by atoms with Crippen LogP contribution in [0.1, 0.15) is 30.5 Å². The summed E-state index contributed by atoms with van der Waals surface area (Å²) < 4.78 is 50.0. The number of nitrogens with zero attached hydrogens (tertiary/aromatic N) is 1. The molecule has 35 heavy (non-hydrogen) atoms. The van der Waals surface area contributed by atoms with E-state index in [0.717, 1.165) is 12.1 Å². The monoisotopic (exact) mass is 493 g/mol. The summed E-state index contributed by atoms with van der Waals surface area (Å²) in [7, 11) is 0. The van der Waals surface area contributed by atoms with E-state index in [2.05, 4.69) is 10.6 Å². The summed E-state index contributed by atoms with van der Waals surface area (Å²) in [6.45, 7) is 2.33. The summed E-state index contributed by atoms with van der Waals surface area (Å²) >= 11 is 0.